The molecule has 0 amide bonds. The fourth-order valence-electron chi connectivity index (χ4n) is 1.31. The number of ether oxygens (including phenoxy) is 1. The number of Topliss-reactive ketones (excluding diaryl/α,β-unsaturated/α-hetero) is 1. The number of rotatable bonds is 4. The molecule has 0 atom stereocenters. The third-order valence-electron chi connectivity index (χ3n) is 1.90. The number of nitro benzene ring substituents is 1. The lowest BCUT2D eigenvalue weighted by molar-refractivity contribution is -0.385. The molecule has 0 spiro atoms. The van der Waals surface area contributed by atoms with Gasteiger partial charge in [-0.15, -0.1) is 0 Å². The minimum Gasteiger partial charge on any atom is -0.494 e. The number of hydrogen-bond acceptors (Lipinski definition) is 4. The Morgan fingerprint density at radius 1 is 1.56 bits per heavy atom. The second-order valence-electron chi connectivity index (χ2n) is 3.05. The van der Waals surface area contributed by atoms with E-state index >= 15 is 0 Å². The van der Waals surface area contributed by atoms with E-state index in [9.17, 15) is 14.9 Å². The van der Waals surface area contributed by atoms with Gasteiger partial charge < -0.3 is 4.74 Å². The second kappa shape index (κ2) is 4.94. The van der Waals surface area contributed by atoms with Gasteiger partial charge in [0.1, 0.15) is 11.3 Å². The van der Waals surface area contributed by atoms with Gasteiger partial charge in [0.15, 0.2) is 5.78 Å². The largest absolute Gasteiger partial charge is 0.494 e. The van der Waals surface area contributed by atoms with Gasteiger partial charge in [0, 0.05) is 6.07 Å². The summed E-state index contributed by atoms with van der Waals surface area (Å²) in [5.74, 6) is -0.163. The van der Waals surface area contributed by atoms with E-state index in [-0.39, 0.29) is 22.0 Å². The van der Waals surface area contributed by atoms with Crippen LogP contribution in [0.4, 0.5) is 5.69 Å². The Morgan fingerprint density at radius 3 is 2.62 bits per heavy atom. The molecular weight excluding hydrogens is 234 g/mol. The van der Waals surface area contributed by atoms with Gasteiger partial charge in [-0.3, -0.25) is 14.9 Å². The molecule has 0 aliphatic carbocycles. The van der Waals surface area contributed by atoms with Crippen molar-refractivity contribution in [1.82, 2.24) is 0 Å². The summed E-state index contributed by atoms with van der Waals surface area (Å²) >= 11 is 5.80. The van der Waals surface area contributed by atoms with Crippen LogP contribution in [0.5, 0.6) is 5.75 Å². The summed E-state index contributed by atoms with van der Waals surface area (Å²) in [5, 5.41) is 10.8. The number of hydrogen-bond donors (Lipinski definition) is 0. The van der Waals surface area contributed by atoms with Crippen molar-refractivity contribution in [3.8, 4) is 5.75 Å². The van der Waals surface area contributed by atoms with Crippen molar-refractivity contribution in [3.63, 3.8) is 0 Å². The van der Waals surface area contributed by atoms with Crippen LogP contribution in [0.15, 0.2) is 12.1 Å². The lowest BCUT2D eigenvalue weighted by Gasteiger charge is -2.06. The van der Waals surface area contributed by atoms with Crippen LogP contribution in [0.25, 0.3) is 0 Å². The van der Waals surface area contributed by atoms with Crippen LogP contribution in [0.1, 0.15) is 24.2 Å². The molecule has 0 saturated heterocycles. The van der Waals surface area contributed by atoms with Gasteiger partial charge >= 0.3 is 0 Å². The number of nitrogens with zero attached hydrogens (tertiary/aromatic N) is 1. The lowest BCUT2D eigenvalue weighted by Crippen LogP contribution is -2.02. The average molecular weight is 244 g/mol. The van der Waals surface area contributed by atoms with E-state index in [0.717, 1.165) is 0 Å². The summed E-state index contributed by atoms with van der Waals surface area (Å²) in [7, 11) is 0. The molecule has 0 saturated carbocycles. The number of nitro groups is 1. The molecule has 0 bridgehead atoms. The van der Waals surface area contributed by atoms with Crippen molar-refractivity contribution in [2.75, 3.05) is 6.61 Å². The molecule has 5 nitrogen and oxygen atoms in total. The van der Waals surface area contributed by atoms with Gasteiger partial charge in [0.2, 0.25) is 0 Å². The highest BCUT2D eigenvalue weighted by Crippen LogP contribution is 2.32. The Hall–Kier alpha value is -1.62. The topological polar surface area (TPSA) is 69.4 Å². The summed E-state index contributed by atoms with van der Waals surface area (Å²) in [6.45, 7) is 3.35. The molecule has 6 heteroatoms. The zero-order valence-electron chi connectivity index (χ0n) is 8.82. The first-order chi connectivity index (χ1) is 7.47. The zero-order chi connectivity index (χ0) is 12.3. The van der Waals surface area contributed by atoms with E-state index in [0.29, 0.717) is 6.61 Å². The Kier molecular flexibility index (Phi) is 3.84. The average Bonchev–Trinajstić information content (AvgIpc) is 2.16. The van der Waals surface area contributed by atoms with Crippen molar-refractivity contribution < 1.29 is 14.5 Å². The zero-order valence-corrected chi connectivity index (χ0v) is 9.58. The maximum Gasteiger partial charge on any atom is 0.285 e. The fraction of sp³-hybridized carbons (Fsp3) is 0.300. The van der Waals surface area contributed by atoms with Gasteiger partial charge in [0.05, 0.1) is 22.6 Å². The molecule has 1 aromatic rings. The summed E-state index contributed by atoms with van der Waals surface area (Å²) < 4.78 is 5.11. The van der Waals surface area contributed by atoms with Gasteiger partial charge in [-0.2, -0.15) is 0 Å². The molecular formula is C10H10ClNO4. The van der Waals surface area contributed by atoms with Gasteiger partial charge in [-0.25, -0.2) is 0 Å². The normalized spacial score (nSPS) is 9.94. The number of halogens is 1. The highest BCUT2D eigenvalue weighted by molar-refractivity contribution is 6.34. The fourth-order valence-corrected chi connectivity index (χ4v) is 1.65. The van der Waals surface area contributed by atoms with Gasteiger partial charge in [-0.05, 0) is 13.8 Å². The van der Waals surface area contributed by atoms with Crippen LogP contribution in [0.2, 0.25) is 5.02 Å². The minimum atomic E-state index is -0.648. The monoisotopic (exact) mass is 243 g/mol. The maximum absolute atomic E-state index is 11.2. The smallest absolute Gasteiger partial charge is 0.285 e. The van der Waals surface area contributed by atoms with Crippen molar-refractivity contribution in [2.45, 2.75) is 13.8 Å². The highest BCUT2D eigenvalue weighted by Gasteiger charge is 2.22. The molecule has 0 aliphatic rings. The molecule has 0 radical (unpaired) electrons. The molecule has 0 N–H and O–H groups in total. The van der Waals surface area contributed by atoms with Crippen LogP contribution in [-0.4, -0.2) is 17.3 Å². The molecule has 1 aromatic carbocycles. The second-order valence-corrected chi connectivity index (χ2v) is 3.45. The van der Waals surface area contributed by atoms with E-state index in [2.05, 4.69) is 0 Å². The minimum absolute atomic E-state index is 0.0325. The van der Waals surface area contributed by atoms with E-state index < -0.39 is 10.7 Å². The lowest BCUT2D eigenvalue weighted by atomic mass is 10.1. The van der Waals surface area contributed by atoms with Crippen LogP contribution < -0.4 is 4.74 Å². The molecule has 0 fully saturated rings. The maximum atomic E-state index is 11.2. The Balaban J connectivity index is 3.39. The SMILES string of the molecule is CCOc1cc(Cl)c(C(C)=O)c([N+](=O)[O-])c1. The predicted molar refractivity (Wildman–Crippen MR) is 59.3 cm³/mol. The molecule has 1 rings (SSSR count). The molecule has 16 heavy (non-hydrogen) atoms. The number of benzene rings is 1. The van der Waals surface area contributed by atoms with Gasteiger partial charge in [0.25, 0.3) is 5.69 Å². The Morgan fingerprint density at radius 2 is 2.19 bits per heavy atom. The van der Waals surface area contributed by atoms with Crippen molar-refractivity contribution >= 4 is 23.1 Å². The standard InChI is InChI=1S/C10H10ClNO4/c1-3-16-7-4-8(11)10(6(2)13)9(5-7)12(14)15/h4-5H,3H2,1-2H3. The van der Waals surface area contributed by atoms with Crippen molar-refractivity contribution in [2.24, 2.45) is 0 Å². The third-order valence-corrected chi connectivity index (χ3v) is 2.20. The summed E-state index contributed by atoms with van der Waals surface area (Å²) in [5.41, 5.74) is -0.418. The van der Waals surface area contributed by atoms with Crippen LogP contribution in [-0.2, 0) is 0 Å². The Bertz CT molecular complexity index is 445. The first kappa shape index (κ1) is 12.4. The first-order valence-corrected chi connectivity index (χ1v) is 4.96. The van der Waals surface area contributed by atoms with Crippen LogP contribution in [0, 0.1) is 10.1 Å². The Labute approximate surface area is 97.1 Å². The molecule has 0 aliphatic heterocycles. The van der Waals surface area contributed by atoms with E-state index in [1.807, 2.05) is 0 Å². The molecule has 0 aromatic heterocycles. The quantitative estimate of drug-likeness (QED) is 0.463. The summed E-state index contributed by atoms with van der Waals surface area (Å²) in [6, 6.07) is 2.60. The molecule has 0 heterocycles. The number of ketones is 1. The first-order valence-electron chi connectivity index (χ1n) is 4.59. The molecule has 86 valence electrons. The number of carbonyl (C=O) groups is 1. The number of carbonyl (C=O) groups excluding carboxylic acids is 1. The summed E-state index contributed by atoms with van der Waals surface area (Å²) in [6.07, 6.45) is 0. The van der Waals surface area contributed by atoms with Crippen LogP contribution in [0.3, 0.4) is 0 Å². The van der Waals surface area contributed by atoms with Gasteiger partial charge in [-0.1, -0.05) is 11.6 Å². The van der Waals surface area contributed by atoms with Crippen LogP contribution >= 0.6 is 11.6 Å². The highest BCUT2D eigenvalue weighted by atomic mass is 35.5. The van der Waals surface area contributed by atoms with Crippen molar-refractivity contribution in [3.05, 3.63) is 32.8 Å². The third kappa shape index (κ3) is 2.49. The molecule has 0 unspecified atom stereocenters. The summed E-state index contributed by atoms with van der Waals surface area (Å²) in [4.78, 5) is 21.4. The van der Waals surface area contributed by atoms with E-state index in [1.54, 1.807) is 6.92 Å². The van der Waals surface area contributed by atoms with E-state index in [1.165, 1.54) is 19.1 Å². The van der Waals surface area contributed by atoms with E-state index in [4.69, 9.17) is 16.3 Å². The predicted octanol–water partition coefficient (Wildman–Crippen LogP) is 2.85. The van der Waals surface area contributed by atoms with Crippen molar-refractivity contribution in [1.29, 1.82) is 0 Å².